The molecule has 0 amide bonds. The highest BCUT2D eigenvalue weighted by molar-refractivity contribution is 5.06. The Balaban J connectivity index is 2.63. The van der Waals surface area contributed by atoms with Gasteiger partial charge in [0, 0.05) is 24.2 Å². The van der Waals surface area contributed by atoms with E-state index in [1.54, 1.807) is 0 Å². The molecule has 0 aromatic rings. The summed E-state index contributed by atoms with van der Waals surface area (Å²) in [7, 11) is 2.21. The van der Waals surface area contributed by atoms with Gasteiger partial charge in [0.1, 0.15) is 0 Å². The molecule has 16 heavy (non-hydrogen) atoms. The van der Waals surface area contributed by atoms with E-state index in [0.717, 1.165) is 32.4 Å². The molecule has 96 valence electrons. The summed E-state index contributed by atoms with van der Waals surface area (Å²) in [6.45, 7) is 10.4. The van der Waals surface area contributed by atoms with Gasteiger partial charge in [-0.15, -0.1) is 0 Å². The summed E-state index contributed by atoms with van der Waals surface area (Å²) in [4.78, 5) is 2.47. The Morgan fingerprint density at radius 1 is 1.38 bits per heavy atom. The summed E-state index contributed by atoms with van der Waals surface area (Å²) < 4.78 is 5.65. The lowest BCUT2D eigenvalue weighted by atomic mass is 9.71. The van der Waals surface area contributed by atoms with Gasteiger partial charge in [-0.3, -0.25) is 4.90 Å². The van der Waals surface area contributed by atoms with Crippen molar-refractivity contribution in [1.29, 1.82) is 0 Å². The molecule has 1 aliphatic carbocycles. The Kier molecular flexibility index (Phi) is 4.38. The summed E-state index contributed by atoms with van der Waals surface area (Å²) in [6, 6.07) is 0. The lowest BCUT2D eigenvalue weighted by molar-refractivity contribution is -0.119. The van der Waals surface area contributed by atoms with Crippen molar-refractivity contribution in [3.8, 4) is 0 Å². The van der Waals surface area contributed by atoms with E-state index in [-0.39, 0.29) is 11.1 Å². The third-order valence-corrected chi connectivity index (χ3v) is 4.48. The lowest BCUT2D eigenvalue weighted by Gasteiger charge is -2.57. The molecule has 0 heterocycles. The number of nitrogens with zero attached hydrogens (tertiary/aromatic N) is 1. The van der Waals surface area contributed by atoms with Gasteiger partial charge in [-0.25, -0.2) is 0 Å². The number of rotatable bonds is 6. The second-order valence-electron chi connectivity index (χ2n) is 5.64. The molecule has 2 N–H and O–H groups in total. The third kappa shape index (κ3) is 2.41. The summed E-state index contributed by atoms with van der Waals surface area (Å²) >= 11 is 0. The van der Waals surface area contributed by atoms with Crippen molar-refractivity contribution in [2.75, 3.05) is 20.2 Å². The molecule has 3 nitrogen and oxygen atoms in total. The van der Waals surface area contributed by atoms with Crippen LogP contribution in [0, 0.1) is 0 Å². The van der Waals surface area contributed by atoms with Gasteiger partial charge in [0.15, 0.2) is 0 Å². The molecule has 0 atom stereocenters. The summed E-state index contributed by atoms with van der Waals surface area (Å²) in [5.74, 6) is 0. The smallest absolute Gasteiger partial charge is 0.0611 e. The Labute approximate surface area is 100 Å². The predicted molar refractivity (Wildman–Crippen MR) is 68.6 cm³/mol. The van der Waals surface area contributed by atoms with Crippen LogP contribution in [0.1, 0.15) is 47.0 Å². The first-order chi connectivity index (χ1) is 7.41. The van der Waals surface area contributed by atoms with Gasteiger partial charge < -0.3 is 10.5 Å². The van der Waals surface area contributed by atoms with Crippen LogP contribution in [0.25, 0.3) is 0 Å². The molecule has 0 radical (unpaired) electrons. The second-order valence-corrected chi connectivity index (χ2v) is 5.64. The molecule has 0 aromatic heterocycles. The molecular weight excluding hydrogens is 200 g/mol. The maximum absolute atomic E-state index is 5.98. The quantitative estimate of drug-likeness (QED) is 0.756. The zero-order valence-electron chi connectivity index (χ0n) is 11.5. The second kappa shape index (κ2) is 5.03. The predicted octanol–water partition coefficient (Wildman–Crippen LogP) is 2.00. The van der Waals surface area contributed by atoms with Crippen molar-refractivity contribution in [1.82, 2.24) is 4.90 Å². The highest BCUT2D eigenvalue weighted by atomic mass is 16.5. The Morgan fingerprint density at radius 2 is 1.94 bits per heavy atom. The van der Waals surface area contributed by atoms with Crippen LogP contribution < -0.4 is 5.73 Å². The molecule has 3 heteroatoms. The molecule has 1 rings (SSSR count). The van der Waals surface area contributed by atoms with E-state index in [0.29, 0.717) is 6.10 Å². The van der Waals surface area contributed by atoms with Crippen LogP contribution in [0.4, 0.5) is 0 Å². The minimum atomic E-state index is 0.166. The van der Waals surface area contributed by atoms with Gasteiger partial charge in [0.2, 0.25) is 0 Å². The summed E-state index contributed by atoms with van der Waals surface area (Å²) in [5, 5.41) is 0. The van der Waals surface area contributed by atoms with E-state index in [9.17, 15) is 0 Å². The summed E-state index contributed by atoms with van der Waals surface area (Å²) in [5.41, 5.74) is 6.37. The van der Waals surface area contributed by atoms with Crippen molar-refractivity contribution in [3.63, 3.8) is 0 Å². The van der Waals surface area contributed by atoms with Gasteiger partial charge >= 0.3 is 0 Å². The molecular formula is C13H28N2O. The summed E-state index contributed by atoms with van der Waals surface area (Å²) in [6.07, 6.45) is 3.72. The fraction of sp³-hybridized carbons (Fsp3) is 1.00. The van der Waals surface area contributed by atoms with Crippen LogP contribution in [-0.4, -0.2) is 42.3 Å². The van der Waals surface area contributed by atoms with Crippen LogP contribution >= 0.6 is 0 Å². The number of likely N-dealkylation sites (N-methyl/N-ethyl adjacent to an activating group) is 1. The highest BCUT2D eigenvalue weighted by Crippen LogP contribution is 2.42. The fourth-order valence-corrected chi connectivity index (χ4v) is 2.60. The minimum Gasteiger partial charge on any atom is -0.378 e. The molecule has 0 bridgehead atoms. The number of hydrogen-bond donors (Lipinski definition) is 1. The topological polar surface area (TPSA) is 38.5 Å². The molecule has 0 aliphatic heterocycles. The van der Waals surface area contributed by atoms with Crippen molar-refractivity contribution in [2.45, 2.75) is 64.1 Å². The van der Waals surface area contributed by atoms with E-state index in [1.807, 2.05) is 0 Å². The van der Waals surface area contributed by atoms with E-state index in [1.165, 1.54) is 0 Å². The molecule has 1 fully saturated rings. The van der Waals surface area contributed by atoms with Crippen LogP contribution in [0.15, 0.2) is 0 Å². The lowest BCUT2D eigenvalue weighted by Crippen LogP contribution is -2.67. The van der Waals surface area contributed by atoms with Crippen molar-refractivity contribution in [3.05, 3.63) is 0 Å². The first-order valence-electron chi connectivity index (χ1n) is 6.47. The van der Waals surface area contributed by atoms with E-state index >= 15 is 0 Å². The Morgan fingerprint density at radius 3 is 2.31 bits per heavy atom. The maximum Gasteiger partial charge on any atom is 0.0611 e. The largest absolute Gasteiger partial charge is 0.378 e. The number of nitrogens with two attached hydrogens (primary N) is 1. The van der Waals surface area contributed by atoms with Crippen molar-refractivity contribution >= 4 is 0 Å². The van der Waals surface area contributed by atoms with E-state index in [4.69, 9.17) is 10.5 Å². The van der Waals surface area contributed by atoms with E-state index in [2.05, 4.69) is 39.6 Å². The maximum atomic E-state index is 5.98. The first kappa shape index (κ1) is 13.9. The van der Waals surface area contributed by atoms with Gasteiger partial charge in [-0.05, 0) is 47.1 Å². The Hall–Kier alpha value is -0.120. The van der Waals surface area contributed by atoms with E-state index < -0.39 is 0 Å². The fourth-order valence-electron chi connectivity index (χ4n) is 2.60. The van der Waals surface area contributed by atoms with Crippen LogP contribution in [0.2, 0.25) is 0 Å². The minimum absolute atomic E-state index is 0.166. The molecule has 0 aromatic carbocycles. The number of hydrogen-bond acceptors (Lipinski definition) is 3. The zero-order valence-corrected chi connectivity index (χ0v) is 11.5. The van der Waals surface area contributed by atoms with Crippen LogP contribution in [-0.2, 0) is 4.74 Å². The van der Waals surface area contributed by atoms with Crippen LogP contribution in [0.3, 0.4) is 0 Å². The van der Waals surface area contributed by atoms with Crippen LogP contribution in [0.5, 0.6) is 0 Å². The van der Waals surface area contributed by atoms with Gasteiger partial charge in [-0.1, -0.05) is 6.92 Å². The zero-order chi connectivity index (χ0) is 12.4. The first-order valence-corrected chi connectivity index (χ1v) is 6.47. The normalized spacial score (nSPS) is 30.6. The van der Waals surface area contributed by atoms with Gasteiger partial charge in [0.05, 0.1) is 6.10 Å². The average molecular weight is 228 g/mol. The van der Waals surface area contributed by atoms with Gasteiger partial charge in [-0.2, -0.15) is 0 Å². The Bertz CT molecular complexity index is 222. The standard InChI is InChI=1S/C13H28N2O/c1-6-12(3,4)15(5)13(10-14)8-11(9-13)16-7-2/h11H,6-10,14H2,1-5H3. The molecule has 1 saturated carbocycles. The molecule has 0 spiro atoms. The highest BCUT2D eigenvalue weighted by Gasteiger charge is 2.50. The van der Waals surface area contributed by atoms with Crippen molar-refractivity contribution in [2.24, 2.45) is 5.73 Å². The van der Waals surface area contributed by atoms with Crippen molar-refractivity contribution < 1.29 is 4.74 Å². The molecule has 0 saturated heterocycles. The molecule has 0 unspecified atom stereocenters. The SMILES string of the molecule is CCOC1CC(CN)(N(C)C(C)(C)CC)C1. The molecule has 1 aliphatic rings. The number of ether oxygens (including phenoxy) is 1. The average Bonchev–Trinajstić information content (AvgIpc) is 2.22. The monoisotopic (exact) mass is 228 g/mol. The van der Waals surface area contributed by atoms with Gasteiger partial charge in [0.25, 0.3) is 0 Å². The third-order valence-electron chi connectivity index (χ3n) is 4.48.